The van der Waals surface area contributed by atoms with E-state index in [0.29, 0.717) is 6.04 Å². The zero-order valence-corrected chi connectivity index (χ0v) is 13.8. The van der Waals surface area contributed by atoms with Gasteiger partial charge in [0.25, 0.3) is 0 Å². The van der Waals surface area contributed by atoms with E-state index in [1.54, 1.807) is 5.56 Å². The molecular weight excluding hydrogens is 262 g/mol. The van der Waals surface area contributed by atoms with Crippen LogP contribution in [0.4, 0.5) is 0 Å². The zero-order valence-electron chi connectivity index (χ0n) is 13.0. The number of thioether (sulfide) groups is 1. The molecule has 1 aromatic rings. The van der Waals surface area contributed by atoms with Crippen LogP contribution in [0.15, 0.2) is 30.3 Å². The first-order chi connectivity index (χ1) is 9.79. The van der Waals surface area contributed by atoms with Crippen molar-refractivity contribution in [3.05, 3.63) is 35.9 Å². The first-order valence-corrected chi connectivity index (χ1v) is 9.33. The van der Waals surface area contributed by atoms with Gasteiger partial charge in [-0.3, -0.25) is 0 Å². The number of hydrogen-bond acceptors (Lipinski definition) is 2. The SMILES string of the molecule is CCSCCC(C)NC1CCC(c2ccccc2)CC1. The van der Waals surface area contributed by atoms with Crippen molar-refractivity contribution in [2.24, 2.45) is 0 Å². The molecule has 1 saturated carbocycles. The summed E-state index contributed by atoms with van der Waals surface area (Å²) >= 11 is 2.06. The van der Waals surface area contributed by atoms with Crippen LogP contribution in [0.3, 0.4) is 0 Å². The van der Waals surface area contributed by atoms with Gasteiger partial charge in [0.05, 0.1) is 0 Å². The van der Waals surface area contributed by atoms with Crippen molar-refractivity contribution in [1.82, 2.24) is 5.32 Å². The Bertz CT molecular complexity index is 357. The average Bonchev–Trinajstić information content (AvgIpc) is 2.49. The summed E-state index contributed by atoms with van der Waals surface area (Å²) in [6.07, 6.45) is 6.67. The van der Waals surface area contributed by atoms with Crippen LogP contribution in [-0.4, -0.2) is 23.6 Å². The third-order valence-corrected chi connectivity index (χ3v) is 5.35. The van der Waals surface area contributed by atoms with Gasteiger partial charge in [0, 0.05) is 12.1 Å². The molecule has 1 N–H and O–H groups in total. The molecule has 112 valence electrons. The fraction of sp³-hybridized carbons (Fsp3) is 0.667. The molecule has 1 nitrogen and oxygen atoms in total. The molecule has 0 spiro atoms. The second-order valence-corrected chi connectivity index (χ2v) is 7.41. The summed E-state index contributed by atoms with van der Waals surface area (Å²) in [4.78, 5) is 0. The molecule has 1 unspecified atom stereocenters. The van der Waals surface area contributed by atoms with Crippen molar-refractivity contribution in [3.63, 3.8) is 0 Å². The van der Waals surface area contributed by atoms with E-state index in [-0.39, 0.29) is 0 Å². The molecule has 0 saturated heterocycles. The minimum atomic E-state index is 0.673. The van der Waals surface area contributed by atoms with Crippen LogP contribution >= 0.6 is 11.8 Å². The minimum Gasteiger partial charge on any atom is -0.311 e. The number of rotatable bonds is 7. The summed E-state index contributed by atoms with van der Waals surface area (Å²) in [5.41, 5.74) is 1.54. The predicted molar refractivity (Wildman–Crippen MR) is 91.7 cm³/mol. The van der Waals surface area contributed by atoms with Crippen molar-refractivity contribution in [3.8, 4) is 0 Å². The van der Waals surface area contributed by atoms with Gasteiger partial charge in [-0.25, -0.2) is 0 Å². The van der Waals surface area contributed by atoms with Gasteiger partial charge in [-0.2, -0.15) is 11.8 Å². The quantitative estimate of drug-likeness (QED) is 0.722. The van der Waals surface area contributed by atoms with E-state index < -0.39 is 0 Å². The molecule has 0 bridgehead atoms. The van der Waals surface area contributed by atoms with E-state index in [9.17, 15) is 0 Å². The standard InChI is InChI=1S/C18H29NS/c1-3-20-14-13-15(2)19-18-11-9-17(10-12-18)16-7-5-4-6-8-16/h4-8,15,17-19H,3,9-14H2,1-2H3. The van der Waals surface area contributed by atoms with Crippen LogP contribution in [0.5, 0.6) is 0 Å². The van der Waals surface area contributed by atoms with Gasteiger partial charge in [0.15, 0.2) is 0 Å². The fourth-order valence-corrected chi connectivity index (χ4v) is 4.02. The van der Waals surface area contributed by atoms with Gasteiger partial charge in [0.1, 0.15) is 0 Å². The number of benzene rings is 1. The highest BCUT2D eigenvalue weighted by atomic mass is 32.2. The largest absolute Gasteiger partial charge is 0.311 e. The van der Waals surface area contributed by atoms with E-state index in [4.69, 9.17) is 0 Å². The molecule has 0 radical (unpaired) electrons. The summed E-state index contributed by atoms with van der Waals surface area (Å²) in [6.45, 7) is 4.59. The van der Waals surface area contributed by atoms with Crippen LogP contribution in [-0.2, 0) is 0 Å². The number of nitrogens with one attached hydrogen (secondary N) is 1. The molecule has 1 aliphatic carbocycles. The molecule has 0 aliphatic heterocycles. The predicted octanol–water partition coefficient (Wildman–Crippen LogP) is 4.83. The molecule has 0 heterocycles. The Balaban J connectivity index is 1.69. The lowest BCUT2D eigenvalue weighted by atomic mass is 9.81. The molecule has 0 amide bonds. The third kappa shape index (κ3) is 5.14. The summed E-state index contributed by atoms with van der Waals surface area (Å²) < 4.78 is 0. The smallest absolute Gasteiger partial charge is 0.00699 e. The molecule has 1 aromatic carbocycles. The second kappa shape index (κ2) is 8.74. The normalized spacial score (nSPS) is 24.5. The van der Waals surface area contributed by atoms with Crippen LogP contribution in [0.1, 0.15) is 57.4 Å². The first-order valence-electron chi connectivity index (χ1n) is 8.18. The maximum absolute atomic E-state index is 3.84. The molecular formula is C18H29NS. The minimum absolute atomic E-state index is 0.673. The van der Waals surface area contributed by atoms with Crippen LogP contribution in [0, 0.1) is 0 Å². The van der Waals surface area contributed by atoms with Gasteiger partial charge in [-0.1, -0.05) is 37.3 Å². The lowest BCUT2D eigenvalue weighted by Gasteiger charge is -2.31. The van der Waals surface area contributed by atoms with E-state index in [0.717, 1.165) is 12.0 Å². The van der Waals surface area contributed by atoms with Crippen molar-refractivity contribution < 1.29 is 0 Å². The van der Waals surface area contributed by atoms with E-state index in [2.05, 4.69) is 61.3 Å². The van der Waals surface area contributed by atoms with Crippen molar-refractivity contribution >= 4 is 11.8 Å². The van der Waals surface area contributed by atoms with Crippen molar-refractivity contribution in [2.75, 3.05) is 11.5 Å². The Hall–Kier alpha value is -0.470. The molecule has 20 heavy (non-hydrogen) atoms. The topological polar surface area (TPSA) is 12.0 Å². The summed E-state index contributed by atoms with van der Waals surface area (Å²) in [7, 11) is 0. The molecule has 2 rings (SSSR count). The second-order valence-electron chi connectivity index (χ2n) is 6.01. The molecule has 1 atom stereocenters. The maximum atomic E-state index is 3.84. The lowest BCUT2D eigenvalue weighted by molar-refractivity contribution is 0.317. The van der Waals surface area contributed by atoms with E-state index in [1.165, 1.54) is 43.6 Å². The third-order valence-electron chi connectivity index (χ3n) is 4.42. The van der Waals surface area contributed by atoms with Gasteiger partial charge >= 0.3 is 0 Å². The zero-order chi connectivity index (χ0) is 14.2. The highest BCUT2D eigenvalue weighted by Gasteiger charge is 2.22. The van der Waals surface area contributed by atoms with Gasteiger partial charge < -0.3 is 5.32 Å². The van der Waals surface area contributed by atoms with Gasteiger partial charge in [-0.15, -0.1) is 0 Å². The van der Waals surface area contributed by atoms with Crippen molar-refractivity contribution in [2.45, 2.75) is 64.0 Å². The Morgan fingerprint density at radius 1 is 1.15 bits per heavy atom. The number of hydrogen-bond donors (Lipinski definition) is 1. The van der Waals surface area contributed by atoms with Crippen LogP contribution in [0.25, 0.3) is 0 Å². The molecule has 2 heteroatoms. The highest BCUT2D eigenvalue weighted by Crippen LogP contribution is 2.32. The van der Waals surface area contributed by atoms with Gasteiger partial charge in [0.2, 0.25) is 0 Å². The maximum Gasteiger partial charge on any atom is 0.00699 e. The first kappa shape index (κ1) is 15.9. The molecule has 1 aliphatic rings. The van der Waals surface area contributed by atoms with E-state index >= 15 is 0 Å². The van der Waals surface area contributed by atoms with Gasteiger partial charge in [-0.05, 0) is 62.0 Å². The molecule has 1 fully saturated rings. The summed E-state index contributed by atoms with van der Waals surface area (Å²) in [6, 6.07) is 12.5. The summed E-state index contributed by atoms with van der Waals surface area (Å²) in [5.74, 6) is 3.33. The lowest BCUT2D eigenvalue weighted by Crippen LogP contribution is -2.39. The Morgan fingerprint density at radius 3 is 2.50 bits per heavy atom. The van der Waals surface area contributed by atoms with E-state index in [1.807, 2.05) is 0 Å². The van der Waals surface area contributed by atoms with Crippen molar-refractivity contribution in [1.29, 1.82) is 0 Å². The van der Waals surface area contributed by atoms with Crippen LogP contribution in [0.2, 0.25) is 0 Å². The van der Waals surface area contributed by atoms with Crippen LogP contribution < -0.4 is 5.32 Å². The Morgan fingerprint density at radius 2 is 1.85 bits per heavy atom. The molecule has 0 aromatic heterocycles. The Kier molecular flexibility index (Phi) is 6.95. The average molecular weight is 292 g/mol. The Labute approximate surface area is 128 Å². The monoisotopic (exact) mass is 291 g/mol. The fourth-order valence-electron chi connectivity index (χ4n) is 3.21. The summed E-state index contributed by atoms with van der Waals surface area (Å²) in [5, 5.41) is 3.84. The highest BCUT2D eigenvalue weighted by molar-refractivity contribution is 7.99.